The number of hydrogen-bond acceptors (Lipinski definition) is 4. The zero-order valence-corrected chi connectivity index (χ0v) is 14.1. The molecule has 0 aromatic heterocycles. The number of nitrogens with one attached hydrogen (secondary N) is 1. The van der Waals surface area contributed by atoms with Crippen molar-refractivity contribution in [3.05, 3.63) is 23.8 Å². The monoisotopic (exact) mass is 321 g/mol. The molecule has 0 atom stereocenters. The molecule has 1 saturated heterocycles. The molecule has 0 spiro atoms. The van der Waals surface area contributed by atoms with Gasteiger partial charge in [-0.25, -0.2) is 0 Å². The van der Waals surface area contributed by atoms with Gasteiger partial charge in [0.15, 0.2) is 11.5 Å². The third-order valence-corrected chi connectivity index (χ3v) is 4.30. The van der Waals surface area contributed by atoms with Crippen LogP contribution < -0.4 is 14.8 Å². The summed E-state index contributed by atoms with van der Waals surface area (Å²) in [6.07, 6.45) is 4.46. The fraction of sp³-hybridized carbons (Fsp3) is 0.611. The lowest BCUT2D eigenvalue weighted by atomic mass is 9.97. The molecule has 1 amide bonds. The van der Waals surface area contributed by atoms with Crippen LogP contribution in [0, 0.1) is 5.92 Å². The number of ether oxygens (including phenoxy) is 3. The zero-order chi connectivity index (χ0) is 16.5. The first-order valence-corrected chi connectivity index (χ1v) is 8.28. The van der Waals surface area contributed by atoms with Gasteiger partial charge in [-0.05, 0) is 49.3 Å². The van der Waals surface area contributed by atoms with E-state index in [4.69, 9.17) is 14.2 Å². The highest BCUT2D eigenvalue weighted by Gasteiger charge is 2.13. The minimum absolute atomic E-state index is 0.104. The maximum absolute atomic E-state index is 11.9. The molecule has 2 rings (SSSR count). The highest BCUT2D eigenvalue weighted by Crippen LogP contribution is 2.27. The predicted molar refractivity (Wildman–Crippen MR) is 89.0 cm³/mol. The summed E-state index contributed by atoms with van der Waals surface area (Å²) in [7, 11) is 3.23. The fourth-order valence-corrected chi connectivity index (χ4v) is 2.83. The van der Waals surface area contributed by atoms with Crippen molar-refractivity contribution >= 4 is 5.91 Å². The highest BCUT2D eigenvalue weighted by molar-refractivity contribution is 5.76. The lowest BCUT2D eigenvalue weighted by Gasteiger charge is -2.21. The van der Waals surface area contributed by atoms with Gasteiger partial charge in [0.2, 0.25) is 5.91 Å². The molecule has 0 bridgehead atoms. The zero-order valence-electron chi connectivity index (χ0n) is 14.1. The third-order valence-electron chi connectivity index (χ3n) is 4.30. The van der Waals surface area contributed by atoms with Crippen LogP contribution in [0.2, 0.25) is 0 Å². The normalized spacial score (nSPS) is 15.2. The van der Waals surface area contributed by atoms with Crippen molar-refractivity contribution in [3.8, 4) is 11.5 Å². The van der Waals surface area contributed by atoms with E-state index < -0.39 is 0 Å². The van der Waals surface area contributed by atoms with E-state index in [0.29, 0.717) is 30.3 Å². The molecule has 0 saturated carbocycles. The Morgan fingerprint density at radius 3 is 2.65 bits per heavy atom. The molecule has 1 aromatic carbocycles. The first-order valence-electron chi connectivity index (χ1n) is 8.28. The van der Waals surface area contributed by atoms with Crippen LogP contribution in [0.4, 0.5) is 0 Å². The van der Waals surface area contributed by atoms with Crippen LogP contribution in [0.3, 0.4) is 0 Å². The van der Waals surface area contributed by atoms with E-state index in [1.165, 1.54) is 0 Å². The number of carbonyl (C=O) groups excluding carboxylic acids is 1. The van der Waals surface area contributed by atoms with Gasteiger partial charge in [-0.15, -0.1) is 0 Å². The van der Waals surface area contributed by atoms with Crippen molar-refractivity contribution in [2.45, 2.75) is 32.1 Å². The Hall–Kier alpha value is -1.75. The van der Waals surface area contributed by atoms with Crippen molar-refractivity contribution in [3.63, 3.8) is 0 Å². The predicted octanol–water partition coefficient (Wildman–Crippen LogP) is 2.57. The summed E-state index contributed by atoms with van der Waals surface area (Å²) in [5.41, 5.74) is 1.07. The second-order valence-corrected chi connectivity index (χ2v) is 5.88. The van der Waals surface area contributed by atoms with Crippen LogP contribution in [-0.2, 0) is 16.0 Å². The first-order chi connectivity index (χ1) is 11.2. The highest BCUT2D eigenvalue weighted by atomic mass is 16.5. The third kappa shape index (κ3) is 5.75. The van der Waals surface area contributed by atoms with Gasteiger partial charge in [0.1, 0.15) is 0 Å². The van der Waals surface area contributed by atoms with Crippen molar-refractivity contribution in [1.82, 2.24) is 5.32 Å². The van der Waals surface area contributed by atoms with E-state index in [0.717, 1.165) is 44.6 Å². The lowest BCUT2D eigenvalue weighted by Crippen LogP contribution is -2.27. The molecule has 1 heterocycles. The topological polar surface area (TPSA) is 56.8 Å². The minimum Gasteiger partial charge on any atom is -0.493 e. The van der Waals surface area contributed by atoms with E-state index in [2.05, 4.69) is 5.32 Å². The Labute approximate surface area is 138 Å². The van der Waals surface area contributed by atoms with Crippen molar-refractivity contribution < 1.29 is 19.0 Å². The van der Waals surface area contributed by atoms with Crippen LogP contribution in [0.15, 0.2) is 18.2 Å². The van der Waals surface area contributed by atoms with E-state index in [1.807, 2.05) is 18.2 Å². The van der Waals surface area contributed by atoms with E-state index >= 15 is 0 Å². The molecule has 1 fully saturated rings. The SMILES string of the molecule is COc1ccc(CCC(=O)NCCC2CCOCC2)cc1OC. The molecule has 5 heteroatoms. The second-order valence-electron chi connectivity index (χ2n) is 5.88. The molecule has 0 aliphatic carbocycles. The lowest BCUT2D eigenvalue weighted by molar-refractivity contribution is -0.121. The molecule has 1 aromatic rings. The maximum Gasteiger partial charge on any atom is 0.220 e. The van der Waals surface area contributed by atoms with Crippen LogP contribution in [-0.4, -0.2) is 39.9 Å². The Morgan fingerprint density at radius 1 is 1.22 bits per heavy atom. The first kappa shape index (κ1) is 17.6. The summed E-state index contributed by atoms with van der Waals surface area (Å²) in [6.45, 7) is 2.48. The summed E-state index contributed by atoms with van der Waals surface area (Å²) in [5.74, 6) is 2.20. The van der Waals surface area contributed by atoms with Gasteiger partial charge in [0.25, 0.3) is 0 Å². The van der Waals surface area contributed by atoms with E-state index in [1.54, 1.807) is 14.2 Å². The van der Waals surface area contributed by atoms with Crippen LogP contribution in [0.25, 0.3) is 0 Å². The van der Waals surface area contributed by atoms with Crippen LogP contribution in [0.5, 0.6) is 11.5 Å². The number of amides is 1. The summed E-state index contributed by atoms with van der Waals surface area (Å²) in [5, 5.41) is 3.02. The van der Waals surface area contributed by atoms with Gasteiger partial charge in [-0.1, -0.05) is 6.07 Å². The number of hydrogen-bond donors (Lipinski definition) is 1. The smallest absolute Gasteiger partial charge is 0.220 e. The molecular formula is C18H27NO4. The average molecular weight is 321 g/mol. The Kier molecular flexibility index (Phi) is 7.20. The van der Waals surface area contributed by atoms with Gasteiger partial charge in [0.05, 0.1) is 14.2 Å². The van der Waals surface area contributed by atoms with Gasteiger partial charge >= 0.3 is 0 Å². The number of benzene rings is 1. The molecule has 128 valence electrons. The van der Waals surface area contributed by atoms with E-state index in [9.17, 15) is 4.79 Å². The molecule has 0 radical (unpaired) electrons. The van der Waals surface area contributed by atoms with E-state index in [-0.39, 0.29) is 5.91 Å². The van der Waals surface area contributed by atoms with Crippen LogP contribution >= 0.6 is 0 Å². The standard InChI is InChI=1S/C18H27NO4/c1-21-16-5-3-15(13-17(16)22-2)4-6-18(20)19-10-7-14-8-11-23-12-9-14/h3,5,13-14H,4,6-12H2,1-2H3,(H,19,20). The molecule has 0 unspecified atom stereocenters. The Morgan fingerprint density at radius 2 is 1.96 bits per heavy atom. The largest absolute Gasteiger partial charge is 0.493 e. The Balaban J connectivity index is 1.69. The molecule has 1 N–H and O–H groups in total. The summed E-state index contributed by atoms with van der Waals surface area (Å²) >= 11 is 0. The van der Waals surface area contributed by atoms with Gasteiger partial charge < -0.3 is 19.5 Å². The number of aryl methyl sites for hydroxylation is 1. The molecule has 23 heavy (non-hydrogen) atoms. The van der Waals surface area contributed by atoms with Crippen molar-refractivity contribution in [2.24, 2.45) is 5.92 Å². The molecule has 5 nitrogen and oxygen atoms in total. The average Bonchev–Trinajstić information content (AvgIpc) is 2.60. The summed E-state index contributed by atoms with van der Waals surface area (Å²) < 4.78 is 15.8. The maximum atomic E-state index is 11.9. The number of methoxy groups -OCH3 is 2. The number of rotatable bonds is 8. The van der Waals surface area contributed by atoms with Gasteiger partial charge in [-0.2, -0.15) is 0 Å². The molecule has 1 aliphatic heterocycles. The summed E-state index contributed by atoms with van der Waals surface area (Å²) in [6, 6.07) is 5.77. The minimum atomic E-state index is 0.104. The Bertz CT molecular complexity index is 498. The van der Waals surface area contributed by atoms with Gasteiger partial charge in [-0.3, -0.25) is 4.79 Å². The molecule has 1 aliphatic rings. The van der Waals surface area contributed by atoms with Gasteiger partial charge in [0, 0.05) is 26.2 Å². The number of carbonyl (C=O) groups is 1. The quantitative estimate of drug-likeness (QED) is 0.799. The van der Waals surface area contributed by atoms with Crippen LogP contribution in [0.1, 0.15) is 31.2 Å². The fourth-order valence-electron chi connectivity index (χ4n) is 2.83. The van der Waals surface area contributed by atoms with Crippen molar-refractivity contribution in [2.75, 3.05) is 34.0 Å². The second kappa shape index (κ2) is 9.40. The summed E-state index contributed by atoms with van der Waals surface area (Å²) in [4.78, 5) is 11.9. The van der Waals surface area contributed by atoms with Crippen molar-refractivity contribution in [1.29, 1.82) is 0 Å². The molecular weight excluding hydrogens is 294 g/mol.